The van der Waals surface area contributed by atoms with Gasteiger partial charge < -0.3 is 4.74 Å². The van der Waals surface area contributed by atoms with Crippen molar-refractivity contribution in [3.63, 3.8) is 0 Å². The zero-order chi connectivity index (χ0) is 18.4. The van der Waals surface area contributed by atoms with E-state index in [1.165, 1.54) is 11.1 Å². The highest BCUT2D eigenvalue weighted by atomic mass is 16.6. The van der Waals surface area contributed by atoms with Crippen LogP contribution in [0.2, 0.25) is 0 Å². The minimum absolute atomic E-state index is 0.262. The fourth-order valence-corrected chi connectivity index (χ4v) is 3.11. The van der Waals surface area contributed by atoms with E-state index in [-0.39, 0.29) is 5.97 Å². The first-order valence-electron chi connectivity index (χ1n) is 9.18. The van der Waals surface area contributed by atoms with Crippen molar-refractivity contribution >= 4 is 5.97 Å². The van der Waals surface area contributed by atoms with Crippen molar-refractivity contribution < 1.29 is 9.53 Å². The van der Waals surface area contributed by atoms with Gasteiger partial charge in [0.25, 0.3) is 0 Å². The Morgan fingerprint density at radius 3 is 2.08 bits per heavy atom. The molecule has 2 unspecified atom stereocenters. The van der Waals surface area contributed by atoms with Gasteiger partial charge in [0.1, 0.15) is 5.60 Å². The normalized spacial score (nSPS) is 14.0. The number of hydrogen-bond acceptors (Lipinski definition) is 2. The summed E-state index contributed by atoms with van der Waals surface area (Å²) in [4.78, 5) is 12.1. The molecule has 0 spiro atoms. The van der Waals surface area contributed by atoms with Crippen molar-refractivity contribution in [2.45, 2.75) is 64.9 Å². The van der Waals surface area contributed by atoms with Crippen LogP contribution in [-0.2, 0) is 4.74 Å². The smallest absolute Gasteiger partial charge is 0.338 e. The summed E-state index contributed by atoms with van der Waals surface area (Å²) in [5, 5.41) is 0. The maximum absolute atomic E-state index is 12.1. The predicted molar refractivity (Wildman–Crippen MR) is 104 cm³/mol. The molecule has 2 aromatic carbocycles. The second kappa shape index (κ2) is 8.33. The van der Waals surface area contributed by atoms with Crippen LogP contribution < -0.4 is 0 Å². The molecule has 0 aliphatic heterocycles. The van der Waals surface area contributed by atoms with Crippen LogP contribution >= 0.6 is 0 Å². The Kier molecular flexibility index (Phi) is 6.41. The van der Waals surface area contributed by atoms with Crippen LogP contribution in [0.15, 0.2) is 54.6 Å². The van der Waals surface area contributed by atoms with Crippen LogP contribution in [0, 0.1) is 0 Å². The molecular formula is C23H30O2. The van der Waals surface area contributed by atoms with Crippen LogP contribution in [0.1, 0.15) is 80.8 Å². The topological polar surface area (TPSA) is 26.3 Å². The highest BCUT2D eigenvalue weighted by Crippen LogP contribution is 2.32. The number of ether oxygens (including phenoxy) is 1. The molecule has 2 atom stereocenters. The van der Waals surface area contributed by atoms with E-state index in [9.17, 15) is 4.79 Å². The van der Waals surface area contributed by atoms with E-state index in [1.807, 2.05) is 32.9 Å². The molecule has 134 valence electrons. The number of esters is 1. The van der Waals surface area contributed by atoms with Crippen LogP contribution in [0.25, 0.3) is 0 Å². The van der Waals surface area contributed by atoms with Crippen molar-refractivity contribution in [2.75, 3.05) is 0 Å². The summed E-state index contributed by atoms with van der Waals surface area (Å²) in [6, 6.07) is 18.6. The third-order valence-electron chi connectivity index (χ3n) is 4.52. The van der Waals surface area contributed by atoms with Gasteiger partial charge in [-0.25, -0.2) is 4.79 Å². The van der Waals surface area contributed by atoms with Gasteiger partial charge in [0.15, 0.2) is 0 Å². The molecule has 0 saturated heterocycles. The third kappa shape index (κ3) is 5.74. The standard InChI is InChI=1S/C23H30O2/c1-6-18(20-10-8-7-9-11-20)16-17(2)19-12-14-21(15-13-19)22(24)25-23(3,4)5/h7-15,17-18H,6,16H2,1-5H3. The summed E-state index contributed by atoms with van der Waals surface area (Å²) < 4.78 is 5.42. The predicted octanol–water partition coefficient (Wildman–Crippen LogP) is 6.33. The van der Waals surface area contributed by atoms with Gasteiger partial charge >= 0.3 is 5.97 Å². The Morgan fingerprint density at radius 2 is 1.56 bits per heavy atom. The summed E-state index contributed by atoms with van der Waals surface area (Å²) in [7, 11) is 0. The summed E-state index contributed by atoms with van der Waals surface area (Å²) in [5.41, 5.74) is 2.82. The van der Waals surface area contributed by atoms with Crippen LogP contribution in [-0.4, -0.2) is 11.6 Å². The number of carbonyl (C=O) groups excluding carboxylic acids is 1. The van der Waals surface area contributed by atoms with Crippen LogP contribution in [0.3, 0.4) is 0 Å². The molecule has 25 heavy (non-hydrogen) atoms. The monoisotopic (exact) mass is 338 g/mol. The van der Waals surface area contributed by atoms with Crippen molar-refractivity contribution in [1.29, 1.82) is 0 Å². The van der Waals surface area contributed by atoms with Gasteiger partial charge in [-0.15, -0.1) is 0 Å². The van der Waals surface area contributed by atoms with E-state index in [1.54, 1.807) is 0 Å². The minimum Gasteiger partial charge on any atom is -0.456 e. The lowest BCUT2D eigenvalue weighted by molar-refractivity contribution is 0.00695. The maximum Gasteiger partial charge on any atom is 0.338 e. The van der Waals surface area contributed by atoms with Gasteiger partial charge in [0.05, 0.1) is 5.56 Å². The number of hydrogen-bond donors (Lipinski definition) is 0. The van der Waals surface area contributed by atoms with Crippen molar-refractivity contribution in [2.24, 2.45) is 0 Å². The Labute approximate surface area is 152 Å². The molecule has 2 nitrogen and oxygen atoms in total. The SMILES string of the molecule is CCC(CC(C)c1ccc(C(=O)OC(C)(C)C)cc1)c1ccccc1. The average molecular weight is 338 g/mol. The highest BCUT2D eigenvalue weighted by molar-refractivity contribution is 5.89. The van der Waals surface area contributed by atoms with E-state index in [0.29, 0.717) is 17.4 Å². The molecule has 0 N–H and O–H groups in total. The summed E-state index contributed by atoms with van der Waals surface area (Å²) in [6.07, 6.45) is 2.23. The Hall–Kier alpha value is -2.09. The van der Waals surface area contributed by atoms with E-state index in [2.05, 4.69) is 56.3 Å². The molecule has 0 bridgehead atoms. The first-order chi connectivity index (χ1) is 11.8. The Morgan fingerprint density at radius 1 is 0.960 bits per heavy atom. The number of rotatable bonds is 6. The first kappa shape index (κ1) is 19.2. The third-order valence-corrected chi connectivity index (χ3v) is 4.52. The van der Waals surface area contributed by atoms with E-state index >= 15 is 0 Å². The molecule has 0 amide bonds. The fraction of sp³-hybridized carbons (Fsp3) is 0.435. The Bertz CT molecular complexity index is 665. The second-order valence-corrected chi connectivity index (χ2v) is 7.78. The molecular weight excluding hydrogens is 308 g/mol. The van der Waals surface area contributed by atoms with E-state index in [4.69, 9.17) is 4.74 Å². The van der Waals surface area contributed by atoms with Gasteiger partial charge in [0.2, 0.25) is 0 Å². The molecule has 0 heterocycles. The van der Waals surface area contributed by atoms with Crippen molar-refractivity contribution in [3.8, 4) is 0 Å². The fourth-order valence-electron chi connectivity index (χ4n) is 3.11. The Balaban J connectivity index is 2.04. The van der Waals surface area contributed by atoms with Crippen molar-refractivity contribution in [3.05, 3.63) is 71.3 Å². The van der Waals surface area contributed by atoms with Gasteiger partial charge in [-0.05, 0) is 68.7 Å². The van der Waals surface area contributed by atoms with E-state index < -0.39 is 5.60 Å². The maximum atomic E-state index is 12.1. The molecule has 0 radical (unpaired) electrons. The van der Waals surface area contributed by atoms with Crippen LogP contribution in [0.5, 0.6) is 0 Å². The molecule has 0 saturated carbocycles. The quantitative estimate of drug-likeness (QED) is 0.575. The molecule has 0 aliphatic carbocycles. The molecule has 0 fully saturated rings. The van der Waals surface area contributed by atoms with Gasteiger partial charge in [-0.1, -0.05) is 56.3 Å². The van der Waals surface area contributed by atoms with Crippen molar-refractivity contribution in [1.82, 2.24) is 0 Å². The average Bonchev–Trinajstić information content (AvgIpc) is 2.59. The number of benzene rings is 2. The molecule has 2 heteroatoms. The lowest BCUT2D eigenvalue weighted by Crippen LogP contribution is -2.23. The van der Waals surface area contributed by atoms with E-state index in [0.717, 1.165) is 12.8 Å². The zero-order valence-electron chi connectivity index (χ0n) is 16.1. The molecule has 2 aromatic rings. The summed E-state index contributed by atoms with van der Waals surface area (Å²) >= 11 is 0. The summed E-state index contributed by atoms with van der Waals surface area (Å²) in [6.45, 7) is 10.2. The largest absolute Gasteiger partial charge is 0.456 e. The molecule has 0 aliphatic rings. The second-order valence-electron chi connectivity index (χ2n) is 7.78. The van der Waals surface area contributed by atoms with Gasteiger partial charge in [-0.3, -0.25) is 0 Å². The molecule has 0 aromatic heterocycles. The van der Waals surface area contributed by atoms with Gasteiger partial charge in [-0.2, -0.15) is 0 Å². The highest BCUT2D eigenvalue weighted by Gasteiger charge is 2.19. The van der Waals surface area contributed by atoms with Gasteiger partial charge in [0, 0.05) is 0 Å². The van der Waals surface area contributed by atoms with Crippen LogP contribution in [0.4, 0.5) is 0 Å². The summed E-state index contributed by atoms with van der Waals surface area (Å²) in [5.74, 6) is 0.738. The molecule has 2 rings (SSSR count). The lowest BCUT2D eigenvalue weighted by atomic mass is 9.84. The minimum atomic E-state index is -0.465. The first-order valence-corrected chi connectivity index (χ1v) is 9.18. The lowest BCUT2D eigenvalue weighted by Gasteiger charge is -2.21. The zero-order valence-corrected chi connectivity index (χ0v) is 16.1. The number of carbonyl (C=O) groups is 1.